The first kappa shape index (κ1) is 26.5. The summed E-state index contributed by atoms with van der Waals surface area (Å²) in [5.41, 5.74) is -0.0971. The highest BCUT2D eigenvalue weighted by molar-refractivity contribution is 5.77. The first-order valence-corrected chi connectivity index (χ1v) is 12.5. The van der Waals surface area contributed by atoms with E-state index in [9.17, 15) is 14.3 Å². The number of aliphatic hydroxyl groups is 1. The zero-order chi connectivity index (χ0) is 26.8. The number of hydrogen-bond donors (Lipinski definition) is 2. The monoisotopic (exact) mass is 510 g/mol. The Morgan fingerprint density at radius 3 is 2.35 bits per heavy atom. The highest BCUT2D eigenvalue weighted by Gasteiger charge is 2.36. The molecule has 2 N–H and O–H groups in total. The smallest absolute Gasteiger partial charge is 0.410 e. The molecule has 4 rings (SSSR count). The third-order valence-electron chi connectivity index (χ3n) is 6.25. The van der Waals surface area contributed by atoms with Gasteiger partial charge in [0.05, 0.1) is 12.1 Å². The van der Waals surface area contributed by atoms with Gasteiger partial charge >= 0.3 is 6.09 Å². The molecule has 0 atom stereocenters. The van der Waals surface area contributed by atoms with Gasteiger partial charge in [-0.25, -0.2) is 9.18 Å². The Balaban J connectivity index is 1.42. The molecule has 1 aromatic heterocycles. The third-order valence-corrected chi connectivity index (χ3v) is 6.25. The number of likely N-dealkylation sites (tertiary alicyclic amines) is 1. The van der Waals surface area contributed by atoms with Crippen LogP contribution in [0.25, 0.3) is 11.4 Å². The fourth-order valence-corrected chi connectivity index (χ4v) is 4.16. The molecule has 198 valence electrons. The van der Waals surface area contributed by atoms with E-state index in [1.165, 1.54) is 18.6 Å². The Kier molecular flexibility index (Phi) is 7.23. The quantitative estimate of drug-likeness (QED) is 0.478. The van der Waals surface area contributed by atoms with E-state index in [1.54, 1.807) is 17.0 Å². The van der Waals surface area contributed by atoms with Gasteiger partial charge in [-0.15, -0.1) is 10.2 Å². The Morgan fingerprint density at radius 1 is 1.08 bits per heavy atom. The van der Waals surface area contributed by atoms with Gasteiger partial charge in [-0.2, -0.15) is 4.80 Å². The molecule has 1 fully saturated rings. The number of carbonyl (C=O) groups excluding carboxylic acids is 1. The fraction of sp³-hybridized carbons (Fsp3) is 0.481. The molecule has 10 heteroatoms. The van der Waals surface area contributed by atoms with Crippen molar-refractivity contribution in [3.63, 3.8) is 0 Å². The predicted molar refractivity (Wildman–Crippen MR) is 139 cm³/mol. The predicted octanol–water partition coefficient (Wildman–Crippen LogP) is 5.05. The van der Waals surface area contributed by atoms with Crippen LogP contribution in [0.4, 0.5) is 20.6 Å². The number of carbonyl (C=O) groups is 1. The van der Waals surface area contributed by atoms with Gasteiger partial charge < -0.3 is 20.1 Å². The number of anilines is 2. The number of nitrogens with one attached hydrogen (secondary N) is 1. The molecule has 0 bridgehead atoms. The van der Waals surface area contributed by atoms with Gasteiger partial charge in [-0.05, 0) is 82.5 Å². The number of halogens is 1. The van der Waals surface area contributed by atoms with E-state index >= 15 is 0 Å². The molecule has 0 saturated carbocycles. The second-order valence-corrected chi connectivity index (χ2v) is 11.1. The second kappa shape index (κ2) is 10.1. The van der Waals surface area contributed by atoms with Crippen LogP contribution in [0.15, 0.2) is 48.5 Å². The van der Waals surface area contributed by atoms with E-state index in [1.807, 2.05) is 57.2 Å². The van der Waals surface area contributed by atoms with Crippen LogP contribution in [-0.4, -0.2) is 60.6 Å². The standard InChI is InChI=1S/C27H35FN6O3/c1-25(2,3)37-24(35)33-16-14-27(36,15-17-33)18-34-31-23(30-32-34)21-8-6-7-9-22(21)29-20-12-10-19(11-13-20)26(4,5)28/h6-13,29,36H,14-18H2,1-5H3. The summed E-state index contributed by atoms with van der Waals surface area (Å²) < 4.78 is 19.6. The highest BCUT2D eigenvalue weighted by atomic mass is 19.1. The summed E-state index contributed by atoms with van der Waals surface area (Å²) in [7, 11) is 0. The summed E-state index contributed by atoms with van der Waals surface area (Å²) in [4.78, 5) is 15.3. The number of para-hydroxylation sites is 1. The zero-order valence-corrected chi connectivity index (χ0v) is 22.0. The summed E-state index contributed by atoms with van der Waals surface area (Å²) >= 11 is 0. The van der Waals surface area contributed by atoms with E-state index in [0.717, 1.165) is 16.9 Å². The molecule has 0 radical (unpaired) electrons. The third kappa shape index (κ3) is 6.82. The molecule has 2 heterocycles. The van der Waals surface area contributed by atoms with E-state index in [-0.39, 0.29) is 12.6 Å². The van der Waals surface area contributed by atoms with Gasteiger partial charge in [0, 0.05) is 30.0 Å². The molecule has 3 aromatic rings. The number of hydrogen-bond acceptors (Lipinski definition) is 7. The Hall–Kier alpha value is -3.53. The van der Waals surface area contributed by atoms with Crippen LogP contribution < -0.4 is 5.32 Å². The van der Waals surface area contributed by atoms with Crippen LogP contribution >= 0.6 is 0 Å². The first-order valence-electron chi connectivity index (χ1n) is 12.5. The van der Waals surface area contributed by atoms with Crippen LogP contribution in [0.1, 0.15) is 53.0 Å². The molecule has 0 spiro atoms. The second-order valence-electron chi connectivity index (χ2n) is 11.1. The zero-order valence-electron chi connectivity index (χ0n) is 22.0. The summed E-state index contributed by atoms with van der Waals surface area (Å²) in [6, 6.07) is 14.8. The molecule has 0 unspecified atom stereocenters. The van der Waals surface area contributed by atoms with Crippen molar-refractivity contribution in [1.29, 1.82) is 0 Å². The Labute approximate surface area is 216 Å². The Morgan fingerprint density at radius 2 is 1.73 bits per heavy atom. The normalized spacial score (nSPS) is 15.9. The van der Waals surface area contributed by atoms with Crippen molar-refractivity contribution in [1.82, 2.24) is 25.1 Å². The van der Waals surface area contributed by atoms with E-state index in [0.29, 0.717) is 37.3 Å². The topological polar surface area (TPSA) is 105 Å². The van der Waals surface area contributed by atoms with E-state index < -0.39 is 16.9 Å². The molecule has 2 aromatic carbocycles. The van der Waals surface area contributed by atoms with E-state index in [4.69, 9.17) is 4.74 Å². The number of piperidine rings is 1. The molecule has 9 nitrogen and oxygen atoms in total. The fourth-order valence-electron chi connectivity index (χ4n) is 4.16. The van der Waals surface area contributed by atoms with Crippen LogP contribution in [0.2, 0.25) is 0 Å². The lowest BCUT2D eigenvalue weighted by Crippen LogP contribution is -2.50. The first-order chi connectivity index (χ1) is 17.3. The molecule has 1 amide bonds. The lowest BCUT2D eigenvalue weighted by molar-refractivity contribution is -0.0455. The van der Waals surface area contributed by atoms with Crippen molar-refractivity contribution >= 4 is 17.5 Å². The number of amides is 1. The maximum absolute atomic E-state index is 14.2. The minimum Gasteiger partial charge on any atom is -0.444 e. The van der Waals surface area contributed by atoms with Gasteiger partial charge in [0.2, 0.25) is 5.82 Å². The van der Waals surface area contributed by atoms with Crippen molar-refractivity contribution in [3.05, 3.63) is 54.1 Å². The van der Waals surface area contributed by atoms with Crippen molar-refractivity contribution in [2.75, 3.05) is 18.4 Å². The highest BCUT2D eigenvalue weighted by Crippen LogP contribution is 2.31. The van der Waals surface area contributed by atoms with Gasteiger partial charge in [0.1, 0.15) is 11.3 Å². The van der Waals surface area contributed by atoms with Crippen LogP contribution in [0.3, 0.4) is 0 Å². The Bertz CT molecular complexity index is 1220. The van der Waals surface area contributed by atoms with Gasteiger partial charge in [-0.1, -0.05) is 24.3 Å². The number of rotatable bonds is 6. The maximum Gasteiger partial charge on any atom is 0.410 e. The molecular formula is C27H35FN6O3. The lowest BCUT2D eigenvalue weighted by Gasteiger charge is -2.38. The summed E-state index contributed by atoms with van der Waals surface area (Å²) in [5, 5.41) is 27.3. The number of aromatic nitrogens is 4. The number of tetrazole rings is 1. The SMILES string of the molecule is CC(C)(C)OC(=O)N1CCC(O)(Cn2nnc(-c3ccccc3Nc3ccc(C(C)(C)F)cc3)n2)CC1. The molecule has 1 saturated heterocycles. The maximum atomic E-state index is 14.2. The number of benzene rings is 2. The largest absolute Gasteiger partial charge is 0.444 e. The van der Waals surface area contributed by atoms with Crippen LogP contribution in [0.5, 0.6) is 0 Å². The van der Waals surface area contributed by atoms with Crippen molar-refractivity contribution in [2.45, 2.75) is 70.9 Å². The minimum atomic E-state index is -1.41. The number of nitrogens with zero attached hydrogens (tertiary/aromatic N) is 5. The van der Waals surface area contributed by atoms with Crippen molar-refractivity contribution in [3.8, 4) is 11.4 Å². The van der Waals surface area contributed by atoms with E-state index in [2.05, 4.69) is 20.7 Å². The van der Waals surface area contributed by atoms with Gasteiger partial charge in [-0.3, -0.25) is 0 Å². The van der Waals surface area contributed by atoms with Gasteiger partial charge in [0.15, 0.2) is 0 Å². The molecular weight excluding hydrogens is 475 g/mol. The summed E-state index contributed by atoms with van der Waals surface area (Å²) in [6.45, 7) is 9.48. The van der Waals surface area contributed by atoms with Crippen LogP contribution in [-0.2, 0) is 17.0 Å². The average molecular weight is 511 g/mol. The van der Waals surface area contributed by atoms with Crippen molar-refractivity contribution < 1.29 is 19.0 Å². The lowest BCUT2D eigenvalue weighted by atomic mass is 9.92. The molecule has 1 aliphatic heterocycles. The average Bonchev–Trinajstić information content (AvgIpc) is 3.26. The summed E-state index contributed by atoms with van der Waals surface area (Å²) in [6.07, 6.45) is 0.391. The minimum absolute atomic E-state index is 0.165. The summed E-state index contributed by atoms with van der Waals surface area (Å²) in [5.74, 6) is 0.416. The van der Waals surface area contributed by atoms with Gasteiger partial charge in [0.25, 0.3) is 0 Å². The van der Waals surface area contributed by atoms with Crippen molar-refractivity contribution in [2.24, 2.45) is 0 Å². The molecule has 1 aliphatic rings. The molecule has 0 aliphatic carbocycles. The number of ether oxygens (including phenoxy) is 1. The molecule has 37 heavy (non-hydrogen) atoms. The van der Waals surface area contributed by atoms with Crippen LogP contribution in [0, 0.1) is 0 Å². The number of alkyl halides is 1.